The Labute approximate surface area is 86.6 Å². The highest BCUT2D eigenvalue weighted by Gasteiger charge is 2.07. The lowest BCUT2D eigenvalue weighted by molar-refractivity contribution is 0.0727. The van der Waals surface area contributed by atoms with Crippen molar-refractivity contribution in [3.8, 4) is 5.88 Å². The average molecular weight is 200 g/mol. The Hall–Kier alpha value is -2.23. The number of carbonyl (C=O) groups excluding carboxylic acids is 1. The number of aromatic nitrogens is 2. The third kappa shape index (κ3) is 2.37. The fourth-order valence-corrected chi connectivity index (χ4v) is 1.05. The number of nitrogens with zero attached hydrogens (tertiary/aromatic N) is 2. The monoisotopic (exact) mass is 200 g/mol. The summed E-state index contributed by atoms with van der Waals surface area (Å²) < 4.78 is 5.02. The van der Waals surface area contributed by atoms with E-state index in [1.165, 1.54) is 12.4 Å². The number of esters is 1. The molecule has 2 heterocycles. The van der Waals surface area contributed by atoms with Gasteiger partial charge < -0.3 is 4.74 Å². The normalized spacial score (nSPS) is 9.60. The van der Waals surface area contributed by atoms with Gasteiger partial charge in [0.2, 0.25) is 5.88 Å². The molecule has 2 rings (SSSR count). The summed E-state index contributed by atoms with van der Waals surface area (Å²) in [6, 6.07) is 8.31. The number of rotatable bonds is 2. The smallest absolute Gasteiger partial charge is 0.344 e. The van der Waals surface area contributed by atoms with Crippen LogP contribution in [0.15, 0.2) is 48.9 Å². The van der Waals surface area contributed by atoms with Gasteiger partial charge in [0.25, 0.3) is 0 Å². The van der Waals surface area contributed by atoms with Gasteiger partial charge in [0.05, 0.1) is 5.56 Å². The first-order valence-electron chi connectivity index (χ1n) is 4.39. The van der Waals surface area contributed by atoms with Gasteiger partial charge in [-0.3, -0.25) is 4.98 Å². The summed E-state index contributed by atoms with van der Waals surface area (Å²) in [5, 5.41) is 0. The SMILES string of the molecule is O=C(Oc1ccccn1)c1ccncc1. The Morgan fingerprint density at radius 1 is 1.07 bits per heavy atom. The van der Waals surface area contributed by atoms with E-state index < -0.39 is 5.97 Å². The zero-order valence-corrected chi connectivity index (χ0v) is 7.83. The molecule has 15 heavy (non-hydrogen) atoms. The Morgan fingerprint density at radius 2 is 1.87 bits per heavy atom. The van der Waals surface area contributed by atoms with Crippen LogP contribution in [-0.2, 0) is 0 Å². The zero-order chi connectivity index (χ0) is 10.5. The molecule has 0 spiro atoms. The molecule has 4 nitrogen and oxygen atoms in total. The van der Waals surface area contributed by atoms with E-state index in [4.69, 9.17) is 4.74 Å². The van der Waals surface area contributed by atoms with Crippen LogP contribution in [0.1, 0.15) is 10.4 Å². The molecule has 0 atom stereocenters. The van der Waals surface area contributed by atoms with Crippen LogP contribution in [0.3, 0.4) is 0 Å². The molecule has 0 fully saturated rings. The lowest BCUT2D eigenvalue weighted by Crippen LogP contribution is -2.09. The van der Waals surface area contributed by atoms with Crippen molar-refractivity contribution < 1.29 is 9.53 Å². The molecule has 0 aromatic carbocycles. The van der Waals surface area contributed by atoms with Crippen molar-refractivity contribution in [2.75, 3.05) is 0 Å². The lowest BCUT2D eigenvalue weighted by atomic mass is 10.3. The largest absolute Gasteiger partial charge is 0.404 e. The van der Waals surface area contributed by atoms with Gasteiger partial charge in [0.1, 0.15) is 0 Å². The second-order valence-electron chi connectivity index (χ2n) is 2.79. The standard InChI is InChI=1S/C11H8N2O2/c14-11(9-4-7-12-8-5-9)15-10-3-1-2-6-13-10/h1-8H. The fourth-order valence-electron chi connectivity index (χ4n) is 1.05. The summed E-state index contributed by atoms with van der Waals surface area (Å²) in [5.41, 5.74) is 0.454. The minimum absolute atomic E-state index is 0.291. The summed E-state index contributed by atoms with van der Waals surface area (Å²) in [4.78, 5) is 19.2. The van der Waals surface area contributed by atoms with E-state index in [9.17, 15) is 4.79 Å². The number of hydrogen-bond donors (Lipinski definition) is 0. The maximum Gasteiger partial charge on any atom is 0.344 e. The van der Waals surface area contributed by atoms with Crippen molar-refractivity contribution in [3.05, 3.63) is 54.5 Å². The highest BCUT2D eigenvalue weighted by atomic mass is 16.5. The Kier molecular flexibility index (Phi) is 2.69. The highest BCUT2D eigenvalue weighted by molar-refractivity contribution is 5.90. The number of hydrogen-bond acceptors (Lipinski definition) is 4. The van der Waals surface area contributed by atoms with Crippen LogP contribution >= 0.6 is 0 Å². The molecule has 0 aliphatic rings. The number of carbonyl (C=O) groups is 1. The van der Waals surface area contributed by atoms with Crippen LogP contribution in [0.5, 0.6) is 5.88 Å². The van der Waals surface area contributed by atoms with E-state index in [-0.39, 0.29) is 0 Å². The topological polar surface area (TPSA) is 52.1 Å². The molecule has 0 saturated heterocycles. The van der Waals surface area contributed by atoms with Crippen molar-refractivity contribution in [3.63, 3.8) is 0 Å². The van der Waals surface area contributed by atoms with E-state index >= 15 is 0 Å². The first kappa shape index (κ1) is 9.33. The fraction of sp³-hybridized carbons (Fsp3) is 0. The van der Waals surface area contributed by atoms with E-state index in [0.29, 0.717) is 11.4 Å². The molecule has 0 bridgehead atoms. The minimum Gasteiger partial charge on any atom is -0.404 e. The molecule has 0 unspecified atom stereocenters. The summed E-state index contributed by atoms with van der Waals surface area (Å²) in [6.45, 7) is 0. The Balaban J connectivity index is 2.12. The van der Waals surface area contributed by atoms with Crippen molar-refractivity contribution >= 4 is 5.97 Å². The molecule has 0 aliphatic carbocycles. The molecule has 0 saturated carbocycles. The molecule has 74 valence electrons. The molecule has 2 aromatic heterocycles. The van der Waals surface area contributed by atoms with Gasteiger partial charge in [0, 0.05) is 24.7 Å². The summed E-state index contributed by atoms with van der Waals surface area (Å²) in [5.74, 6) is -0.143. The molecular formula is C11H8N2O2. The third-order valence-corrected chi connectivity index (χ3v) is 1.75. The Morgan fingerprint density at radius 3 is 2.53 bits per heavy atom. The van der Waals surface area contributed by atoms with Gasteiger partial charge in [-0.15, -0.1) is 0 Å². The van der Waals surface area contributed by atoms with E-state index in [1.54, 1.807) is 36.5 Å². The van der Waals surface area contributed by atoms with Crippen molar-refractivity contribution in [2.45, 2.75) is 0 Å². The quantitative estimate of drug-likeness (QED) is 0.692. The molecule has 0 N–H and O–H groups in total. The molecule has 0 aliphatic heterocycles. The first-order chi connectivity index (χ1) is 7.36. The van der Waals surface area contributed by atoms with Crippen molar-refractivity contribution in [1.29, 1.82) is 0 Å². The van der Waals surface area contributed by atoms with Crippen LogP contribution in [0.4, 0.5) is 0 Å². The number of ether oxygens (including phenoxy) is 1. The van der Waals surface area contributed by atoms with Gasteiger partial charge in [-0.2, -0.15) is 0 Å². The molecule has 0 amide bonds. The van der Waals surface area contributed by atoms with Gasteiger partial charge in [-0.05, 0) is 18.2 Å². The summed E-state index contributed by atoms with van der Waals surface area (Å²) in [6.07, 6.45) is 4.64. The highest BCUT2D eigenvalue weighted by Crippen LogP contribution is 2.07. The number of pyridine rings is 2. The van der Waals surface area contributed by atoms with Gasteiger partial charge in [-0.1, -0.05) is 6.07 Å². The Bertz CT molecular complexity index is 443. The molecule has 2 aromatic rings. The minimum atomic E-state index is -0.434. The summed E-state index contributed by atoms with van der Waals surface area (Å²) >= 11 is 0. The second-order valence-corrected chi connectivity index (χ2v) is 2.79. The predicted octanol–water partition coefficient (Wildman–Crippen LogP) is 1.70. The first-order valence-corrected chi connectivity index (χ1v) is 4.39. The summed E-state index contributed by atoms with van der Waals surface area (Å²) in [7, 11) is 0. The maximum atomic E-state index is 11.5. The maximum absolute atomic E-state index is 11.5. The van der Waals surface area contributed by atoms with Gasteiger partial charge in [-0.25, -0.2) is 9.78 Å². The van der Waals surface area contributed by atoms with Crippen molar-refractivity contribution in [1.82, 2.24) is 9.97 Å². The average Bonchev–Trinajstić information content (AvgIpc) is 2.31. The predicted molar refractivity (Wildman–Crippen MR) is 53.4 cm³/mol. The van der Waals surface area contributed by atoms with Crippen molar-refractivity contribution in [2.24, 2.45) is 0 Å². The van der Waals surface area contributed by atoms with Crippen LogP contribution < -0.4 is 4.74 Å². The van der Waals surface area contributed by atoms with Crippen LogP contribution in [0.25, 0.3) is 0 Å². The van der Waals surface area contributed by atoms with Gasteiger partial charge in [0.15, 0.2) is 0 Å². The second kappa shape index (κ2) is 4.32. The van der Waals surface area contributed by atoms with E-state index in [2.05, 4.69) is 9.97 Å². The lowest BCUT2D eigenvalue weighted by Gasteiger charge is -2.01. The van der Waals surface area contributed by atoms with E-state index in [1.807, 2.05) is 0 Å². The van der Waals surface area contributed by atoms with Crippen LogP contribution in [0.2, 0.25) is 0 Å². The molecule has 0 radical (unpaired) electrons. The molecular weight excluding hydrogens is 192 g/mol. The van der Waals surface area contributed by atoms with E-state index in [0.717, 1.165) is 0 Å². The van der Waals surface area contributed by atoms with Crippen LogP contribution in [-0.4, -0.2) is 15.9 Å². The molecule has 4 heteroatoms. The van der Waals surface area contributed by atoms with Gasteiger partial charge >= 0.3 is 5.97 Å². The zero-order valence-electron chi connectivity index (χ0n) is 7.83. The van der Waals surface area contributed by atoms with Crippen LogP contribution in [0, 0.1) is 0 Å². The third-order valence-electron chi connectivity index (χ3n) is 1.75.